The monoisotopic (exact) mass is 605 g/mol. The topological polar surface area (TPSA) is 21.6 Å². The van der Waals surface area contributed by atoms with E-state index in [0.29, 0.717) is 15.2 Å². The highest BCUT2D eigenvalue weighted by Gasteiger charge is 2.37. The van der Waals surface area contributed by atoms with Crippen LogP contribution >= 0.6 is 8.58 Å². The minimum absolute atomic E-state index is 0.00617. The number of hydrogen-bond donors (Lipinski definition) is 0. The Morgan fingerprint density at radius 3 is 1.86 bits per heavy atom. The number of benzene rings is 4. The summed E-state index contributed by atoms with van der Waals surface area (Å²) in [4.78, 5) is 4.85. The number of ether oxygens (including phenoxy) is 1. The van der Waals surface area contributed by atoms with Crippen LogP contribution in [0.5, 0.6) is 5.75 Å². The maximum absolute atomic E-state index is 6.98. The Bertz CT molecular complexity index is 1570. The summed E-state index contributed by atoms with van der Waals surface area (Å²) >= 11 is 0. The SMILES string of the molecule is CCC(CC)(Pc1c(C)cccc1C(=NC)c1ccccc1)c1cc(C(C)(C)C)cc(C(C)(C)C)c1OCc1ccccc1. The van der Waals surface area contributed by atoms with Gasteiger partial charge in [-0.15, -0.1) is 0 Å². The van der Waals surface area contributed by atoms with Crippen molar-refractivity contribution in [2.24, 2.45) is 4.99 Å². The van der Waals surface area contributed by atoms with Gasteiger partial charge >= 0.3 is 0 Å². The van der Waals surface area contributed by atoms with Gasteiger partial charge in [0.05, 0.1) is 5.71 Å². The van der Waals surface area contributed by atoms with Crippen LogP contribution in [0, 0.1) is 6.92 Å². The molecule has 2 nitrogen and oxygen atoms in total. The van der Waals surface area contributed by atoms with Gasteiger partial charge in [0.1, 0.15) is 12.4 Å². The molecule has 44 heavy (non-hydrogen) atoms. The van der Waals surface area contributed by atoms with Gasteiger partial charge in [-0.3, -0.25) is 4.99 Å². The minimum atomic E-state index is -0.107. The molecule has 1 atom stereocenters. The third-order valence-electron chi connectivity index (χ3n) is 8.87. The van der Waals surface area contributed by atoms with Crippen LogP contribution in [0.4, 0.5) is 0 Å². The molecule has 0 aliphatic heterocycles. The molecule has 232 valence electrons. The molecule has 4 aromatic carbocycles. The predicted octanol–water partition coefficient (Wildman–Crippen LogP) is 10.7. The lowest BCUT2D eigenvalue weighted by atomic mass is 9.76. The summed E-state index contributed by atoms with van der Waals surface area (Å²) in [7, 11) is 2.47. The molecule has 0 aromatic heterocycles. The van der Waals surface area contributed by atoms with Crippen LogP contribution < -0.4 is 10.0 Å². The lowest BCUT2D eigenvalue weighted by Gasteiger charge is -2.39. The molecule has 0 saturated carbocycles. The first-order valence-corrected chi connectivity index (χ1v) is 17.1. The third kappa shape index (κ3) is 7.35. The van der Waals surface area contributed by atoms with Gasteiger partial charge in [-0.25, -0.2) is 0 Å². The highest BCUT2D eigenvalue weighted by molar-refractivity contribution is 7.49. The molecule has 4 aromatic rings. The quantitative estimate of drug-likeness (QED) is 0.130. The Labute approximate surface area is 269 Å². The van der Waals surface area contributed by atoms with Gasteiger partial charge in [0.25, 0.3) is 0 Å². The predicted molar refractivity (Wildman–Crippen MR) is 194 cm³/mol. The van der Waals surface area contributed by atoms with Gasteiger partial charge in [-0.2, -0.15) is 0 Å². The third-order valence-corrected chi connectivity index (χ3v) is 11.2. The standard InChI is InChI=1S/C41H52NOP/c1-11-41(12-2,44-38-29(3)20-19-25-33(38)36(42-10)31-23-17-14-18-24-31)35-27-32(39(4,5)6)26-34(40(7,8)9)37(35)43-28-30-21-15-13-16-22-30/h13-27,44H,11-12,28H2,1-10H3. The van der Waals surface area contributed by atoms with E-state index in [0.717, 1.165) is 29.9 Å². The number of aryl methyl sites for hydroxylation is 1. The lowest BCUT2D eigenvalue weighted by Crippen LogP contribution is -2.29. The molecular weight excluding hydrogens is 553 g/mol. The van der Waals surface area contributed by atoms with E-state index in [1.54, 1.807) is 0 Å². The normalized spacial score (nSPS) is 13.1. The molecule has 0 fully saturated rings. The van der Waals surface area contributed by atoms with Crippen molar-refractivity contribution in [1.29, 1.82) is 0 Å². The summed E-state index contributed by atoms with van der Waals surface area (Å²) in [5.74, 6) is 1.06. The van der Waals surface area contributed by atoms with Crippen LogP contribution in [0.1, 0.15) is 107 Å². The molecular formula is C41H52NOP. The van der Waals surface area contributed by atoms with Crippen LogP contribution in [-0.4, -0.2) is 12.8 Å². The molecule has 3 heteroatoms. The summed E-state index contributed by atoms with van der Waals surface area (Å²) < 4.78 is 6.98. The van der Waals surface area contributed by atoms with Gasteiger partial charge in [0, 0.05) is 34.5 Å². The molecule has 0 spiro atoms. The first-order chi connectivity index (χ1) is 20.8. The molecule has 1 unspecified atom stereocenters. The van der Waals surface area contributed by atoms with Crippen LogP contribution in [0.25, 0.3) is 0 Å². The minimum Gasteiger partial charge on any atom is -0.488 e. The second-order valence-corrected chi connectivity index (χ2v) is 15.7. The van der Waals surface area contributed by atoms with Crippen molar-refractivity contribution >= 4 is 19.6 Å². The van der Waals surface area contributed by atoms with E-state index in [9.17, 15) is 0 Å². The van der Waals surface area contributed by atoms with Gasteiger partial charge < -0.3 is 4.74 Å². The van der Waals surface area contributed by atoms with Crippen LogP contribution in [0.2, 0.25) is 0 Å². The molecule has 4 rings (SSSR count). The average molecular weight is 606 g/mol. The Morgan fingerprint density at radius 1 is 0.727 bits per heavy atom. The molecule has 0 saturated heterocycles. The first kappa shape index (κ1) is 33.7. The van der Waals surface area contributed by atoms with E-state index < -0.39 is 0 Å². The second kappa shape index (κ2) is 13.8. The average Bonchev–Trinajstić information content (AvgIpc) is 3.00. The number of hydrogen-bond acceptors (Lipinski definition) is 2. The van der Waals surface area contributed by atoms with E-state index in [4.69, 9.17) is 9.73 Å². The van der Waals surface area contributed by atoms with E-state index in [-0.39, 0.29) is 16.0 Å². The summed E-state index contributed by atoms with van der Waals surface area (Å²) in [5, 5.41) is 1.29. The fourth-order valence-electron chi connectivity index (χ4n) is 6.01. The summed E-state index contributed by atoms with van der Waals surface area (Å²) in [6.45, 7) is 21.5. The van der Waals surface area contributed by atoms with Gasteiger partial charge in [0.2, 0.25) is 0 Å². The maximum Gasteiger partial charge on any atom is 0.127 e. The Balaban J connectivity index is 1.98. The van der Waals surface area contributed by atoms with Gasteiger partial charge in [-0.05, 0) is 52.6 Å². The highest BCUT2D eigenvalue weighted by atomic mass is 31.1. The zero-order valence-corrected chi connectivity index (χ0v) is 29.6. The fourth-order valence-corrected chi connectivity index (χ4v) is 7.78. The van der Waals surface area contributed by atoms with E-state index >= 15 is 0 Å². The van der Waals surface area contributed by atoms with Crippen molar-refractivity contribution < 1.29 is 4.74 Å². The first-order valence-electron chi connectivity index (χ1n) is 16.1. The van der Waals surface area contributed by atoms with Crippen LogP contribution in [0.15, 0.2) is 96.0 Å². The molecule has 0 amide bonds. The van der Waals surface area contributed by atoms with Crippen LogP contribution in [-0.2, 0) is 22.6 Å². The van der Waals surface area contributed by atoms with Gasteiger partial charge in [-0.1, -0.05) is 155 Å². The van der Waals surface area contributed by atoms with Crippen molar-refractivity contribution in [2.45, 2.75) is 97.7 Å². The lowest BCUT2D eigenvalue weighted by molar-refractivity contribution is 0.289. The summed E-state index contributed by atoms with van der Waals surface area (Å²) in [6.07, 6.45) is 2.02. The Hall–Kier alpha value is -3.22. The molecule has 0 radical (unpaired) electrons. The summed E-state index contributed by atoms with van der Waals surface area (Å²) in [6, 6.07) is 32.8. The Kier molecular flexibility index (Phi) is 10.6. The van der Waals surface area contributed by atoms with Crippen molar-refractivity contribution in [3.8, 4) is 5.75 Å². The molecule has 0 heterocycles. The van der Waals surface area contributed by atoms with E-state index in [1.165, 1.54) is 38.7 Å². The second-order valence-electron chi connectivity index (χ2n) is 14.0. The van der Waals surface area contributed by atoms with Gasteiger partial charge in [0.15, 0.2) is 0 Å². The van der Waals surface area contributed by atoms with Crippen molar-refractivity contribution in [1.82, 2.24) is 0 Å². The molecule has 0 aliphatic rings. The van der Waals surface area contributed by atoms with Crippen molar-refractivity contribution in [3.05, 3.63) is 130 Å². The van der Waals surface area contributed by atoms with E-state index in [2.05, 4.69) is 153 Å². The number of rotatable bonds is 10. The molecule has 0 bridgehead atoms. The smallest absolute Gasteiger partial charge is 0.127 e. The molecule has 0 N–H and O–H groups in total. The zero-order valence-electron chi connectivity index (χ0n) is 28.6. The largest absolute Gasteiger partial charge is 0.488 e. The Morgan fingerprint density at radius 2 is 1.32 bits per heavy atom. The highest BCUT2D eigenvalue weighted by Crippen LogP contribution is 2.54. The summed E-state index contributed by atoms with van der Waals surface area (Å²) in [5.41, 5.74) is 9.87. The van der Waals surface area contributed by atoms with Crippen LogP contribution in [0.3, 0.4) is 0 Å². The number of nitrogens with zero attached hydrogens (tertiary/aromatic N) is 1. The number of aliphatic imine (C=N–C) groups is 1. The maximum atomic E-state index is 6.98. The zero-order chi connectivity index (χ0) is 32.1. The van der Waals surface area contributed by atoms with Crippen molar-refractivity contribution in [3.63, 3.8) is 0 Å². The van der Waals surface area contributed by atoms with E-state index in [1.807, 2.05) is 7.05 Å². The fraction of sp³-hybridized carbons (Fsp3) is 0.390. The van der Waals surface area contributed by atoms with Crippen molar-refractivity contribution in [2.75, 3.05) is 7.05 Å². The molecule has 0 aliphatic carbocycles.